The van der Waals surface area contributed by atoms with Crippen LogP contribution in [0.5, 0.6) is 5.75 Å². The molecule has 1 N–H and O–H groups in total. The minimum absolute atomic E-state index is 0.0508. The fourth-order valence-corrected chi connectivity index (χ4v) is 4.83. The van der Waals surface area contributed by atoms with Gasteiger partial charge in [0.2, 0.25) is 5.91 Å². The maximum atomic E-state index is 13.2. The number of nitrogens with one attached hydrogen (secondary N) is 1. The van der Waals surface area contributed by atoms with Crippen molar-refractivity contribution in [2.45, 2.75) is 19.3 Å². The first-order valence-corrected chi connectivity index (χ1v) is 10.7. The zero-order valence-electron chi connectivity index (χ0n) is 17.3. The number of likely N-dealkylation sites (tertiary alicyclic amines) is 2. The summed E-state index contributed by atoms with van der Waals surface area (Å²) in [5.74, 6) is 0.374. The van der Waals surface area contributed by atoms with Crippen molar-refractivity contribution in [3.05, 3.63) is 59.7 Å². The number of carbonyl (C=O) groups excluding carboxylic acids is 3. The Bertz CT molecular complexity index is 1040. The maximum absolute atomic E-state index is 13.2. The quantitative estimate of drug-likeness (QED) is 0.825. The molecule has 7 nitrogen and oxygen atoms in total. The van der Waals surface area contributed by atoms with Crippen LogP contribution in [-0.2, 0) is 16.0 Å². The fraction of sp³-hybridized carbons (Fsp3) is 0.375. The molecule has 31 heavy (non-hydrogen) atoms. The summed E-state index contributed by atoms with van der Waals surface area (Å²) in [5.41, 5.74) is 1.86. The van der Waals surface area contributed by atoms with Crippen LogP contribution < -0.4 is 10.1 Å². The topological polar surface area (TPSA) is 79.0 Å². The summed E-state index contributed by atoms with van der Waals surface area (Å²) in [6.45, 7) is 2.45. The smallest absolute Gasteiger partial charge is 0.262 e. The van der Waals surface area contributed by atoms with Crippen LogP contribution in [0.15, 0.2) is 48.5 Å². The lowest BCUT2D eigenvalue weighted by Gasteiger charge is -2.24. The first kappa shape index (κ1) is 19.6. The molecule has 1 unspecified atom stereocenters. The van der Waals surface area contributed by atoms with Crippen molar-refractivity contribution >= 4 is 23.4 Å². The van der Waals surface area contributed by atoms with Crippen LogP contribution in [0.2, 0.25) is 0 Å². The second-order valence-electron chi connectivity index (χ2n) is 8.58. The van der Waals surface area contributed by atoms with Crippen molar-refractivity contribution in [2.24, 2.45) is 5.41 Å². The summed E-state index contributed by atoms with van der Waals surface area (Å²) >= 11 is 0. The highest BCUT2D eigenvalue weighted by Crippen LogP contribution is 2.41. The molecular formula is C24H25N3O4. The molecule has 1 spiro atoms. The number of hydrogen-bond acceptors (Lipinski definition) is 4. The van der Waals surface area contributed by atoms with Gasteiger partial charge in [-0.25, -0.2) is 0 Å². The number of rotatable bonds is 4. The SMILES string of the molecule is O=C1COc2cc(C(=O)N3CCC4(CCN(CCc5ccccc5)C4=O)C3)ccc2N1. The number of carbonyl (C=O) groups is 3. The van der Waals surface area contributed by atoms with Crippen molar-refractivity contribution in [1.82, 2.24) is 9.80 Å². The molecule has 0 radical (unpaired) electrons. The van der Waals surface area contributed by atoms with E-state index in [-0.39, 0.29) is 24.3 Å². The number of amides is 3. The highest BCUT2D eigenvalue weighted by Gasteiger charge is 2.51. The van der Waals surface area contributed by atoms with E-state index in [1.807, 2.05) is 23.1 Å². The van der Waals surface area contributed by atoms with E-state index in [2.05, 4.69) is 17.4 Å². The minimum atomic E-state index is -0.453. The van der Waals surface area contributed by atoms with Crippen LogP contribution in [0.1, 0.15) is 28.8 Å². The van der Waals surface area contributed by atoms with E-state index < -0.39 is 5.41 Å². The Labute approximate surface area is 181 Å². The van der Waals surface area contributed by atoms with Gasteiger partial charge in [-0.3, -0.25) is 14.4 Å². The molecule has 3 amide bonds. The molecule has 3 heterocycles. The summed E-state index contributed by atoms with van der Waals surface area (Å²) in [6.07, 6.45) is 2.34. The largest absolute Gasteiger partial charge is 0.482 e. The lowest BCUT2D eigenvalue weighted by Crippen LogP contribution is -2.39. The molecule has 2 fully saturated rings. The Kier molecular flexibility index (Phi) is 4.88. The third kappa shape index (κ3) is 3.65. The summed E-state index contributed by atoms with van der Waals surface area (Å²) < 4.78 is 5.43. The summed E-state index contributed by atoms with van der Waals surface area (Å²) in [5, 5.41) is 2.73. The van der Waals surface area contributed by atoms with Gasteiger partial charge in [0.25, 0.3) is 11.8 Å². The van der Waals surface area contributed by atoms with Gasteiger partial charge >= 0.3 is 0 Å². The number of hydrogen-bond donors (Lipinski definition) is 1. The second-order valence-corrected chi connectivity index (χ2v) is 8.58. The van der Waals surface area contributed by atoms with E-state index in [0.717, 1.165) is 19.4 Å². The van der Waals surface area contributed by atoms with Gasteiger partial charge in [-0.15, -0.1) is 0 Å². The second kappa shape index (κ2) is 7.72. The van der Waals surface area contributed by atoms with Crippen molar-refractivity contribution in [2.75, 3.05) is 38.1 Å². The Morgan fingerprint density at radius 3 is 2.71 bits per heavy atom. The first-order chi connectivity index (χ1) is 15.0. The standard InChI is InChI=1S/C24H25N3O4/c28-21-15-31-20-14-18(6-7-19(20)25-21)22(29)27-13-10-24(16-27)9-12-26(23(24)30)11-8-17-4-2-1-3-5-17/h1-7,14H,8-13,15-16H2,(H,25,28). The van der Waals surface area contributed by atoms with Crippen LogP contribution in [0.3, 0.4) is 0 Å². The van der Waals surface area contributed by atoms with Gasteiger partial charge < -0.3 is 19.9 Å². The van der Waals surface area contributed by atoms with Gasteiger partial charge in [0.05, 0.1) is 11.1 Å². The molecule has 0 aliphatic carbocycles. The molecule has 3 aliphatic rings. The molecule has 5 rings (SSSR count). The van der Waals surface area contributed by atoms with E-state index in [1.165, 1.54) is 5.56 Å². The van der Waals surface area contributed by atoms with Gasteiger partial charge in [0.15, 0.2) is 6.61 Å². The molecule has 160 valence electrons. The van der Waals surface area contributed by atoms with Crippen LogP contribution >= 0.6 is 0 Å². The number of fused-ring (bicyclic) bond motifs is 1. The van der Waals surface area contributed by atoms with E-state index in [1.54, 1.807) is 23.1 Å². The maximum Gasteiger partial charge on any atom is 0.262 e. The van der Waals surface area contributed by atoms with E-state index >= 15 is 0 Å². The molecule has 7 heteroatoms. The van der Waals surface area contributed by atoms with Gasteiger partial charge in [-0.1, -0.05) is 30.3 Å². The monoisotopic (exact) mass is 419 g/mol. The molecule has 1 atom stereocenters. The summed E-state index contributed by atoms with van der Waals surface area (Å²) in [7, 11) is 0. The molecular weight excluding hydrogens is 394 g/mol. The normalized spacial score (nSPS) is 22.5. The van der Waals surface area contributed by atoms with E-state index in [0.29, 0.717) is 43.1 Å². The van der Waals surface area contributed by atoms with Gasteiger partial charge in [0.1, 0.15) is 5.75 Å². The Hall–Kier alpha value is -3.35. The zero-order valence-corrected chi connectivity index (χ0v) is 17.3. The van der Waals surface area contributed by atoms with Crippen LogP contribution in [0, 0.1) is 5.41 Å². The molecule has 0 bridgehead atoms. The highest BCUT2D eigenvalue weighted by atomic mass is 16.5. The van der Waals surface area contributed by atoms with Crippen LogP contribution in [0.25, 0.3) is 0 Å². The third-order valence-corrected chi connectivity index (χ3v) is 6.62. The molecule has 0 saturated carbocycles. The van der Waals surface area contributed by atoms with Gasteiger partial charge in [-0.05, 0) is 43.0 Å². The average molecular weight is 419 g/mol. The predicted octanol–water partition coefficient (Wildman–Crippen LogP) is 2.32. The number of benzene rings is 2. The van der Waals surface area contributed by atoms with E-state index in [4.69, 9.17) is 4.74 Å². The van der Waals surface area contributed by atoms with Crippen molar-refractivity contribution in [1.29, 1.82) is 0 Å². The molecule has 0 aromatic heterocycles. The zero-order chi connectivity index (χ0) is 21.4. The number of nitrogens with zero attached hydrogens (tertiary/aromatic N) is 2. The predicted molar refractivity (Wildman–Crippen MR) is 115 cm³/mol. The molecule has 3 aliphatic heterocycles. The summed E-state index contributed by atoms with van der Waals surface area (Å²) in [6, 6.07) is 15.3. The third-order valence-electron chi connectivity index (χ3n) is 6.62. The van der Waals surface area contributed by atoms with Gasteiger partial charge in [0, 0.05) is 31.7 Å². The van der Waals surface area contributed by atoms with E-state index in [9.17, 15) is 14.4 Å². The molecule has 2 aromatic rings. The first-order valence-electron chi connectivity index (χ1n) is 10.7. The van der Waals surface area contributed by atoms with Crippen molar-refractivity contribution in [3.8, 4) is 5.75 Å². The van der Waals surface area contributed by atoms with Crippen molar-refractivity contribution < 1.29 is 19.1 Å². The fourth-order valence-electron chi connectivity index (χ4n) is 4.83. The van der Waals surface area contributed by atoms with Crippen LogP contribution in [0.4, 0.5) is 5.69 Å². The Morgan fingerprint density at radius 1 is 1.06 bits per heavy atom. The molecule has 2 saturated heterocycles. The minimum Gasteiger partial charge on any atom is -0.482 e. The highest BCUT2D eigenvalue weighted by molar-refractivity contribution is 5.99. The van der Waals surface area contributed by atoms with Crippen LogP contribution in [-0.4, -0.2) is 60.3 Å². The Morgan fingerprint density at radius 2 is 1.87 bits per heavy atom. The number of ether oxygens (including phenoxy) is 1. The summed E-state index contributed by atoms with van der Waals surface area (Å²) in [4.78, 5) is 41.5. The average Bonchev–Trinajstić information content (AvgIpc) is 3.36. The lowest BCUT2D eigenvalue weighted by atomic mass is 9.85. The lowest BCUT2D eigenvalue weighted by molar-refractivity contribution is -0.135. The van der Waals surface area contributed by atoms with Crippen molar-refractivity contribution in [3.63, 3.8) is 0 Å². The number of anilines is 1. The van der Waals surface area contributed by atoms with Gasteiger partial charge in [-0.2, -0.15) is 0 Å². The molecule has 2 aromatic carbocycles. The Balaban J connectivity index is 1.24.